The van der Waals surface area contributed by atoms with Gasteiger partial charge in [-0.2, -0.15) is 5.10 Å². The number of fused-ring (bicyclic) bond motifs is 1. The Morgan fingerprint density at radius 2 is 1.63 bits per heavy atom. The molecule has 0 saturated carbocycles. The zero-order valence-corrected chi connectivity index (χ0v) is 34.1. The standard InChI is InChI=1S/C44H47FN10O7/c1-62-35-10-6-27(45)16-33(35)41(58)48-18-24-2-4-26(5-3-24)38-37(40(47)57)39(46)55(50-38)28-12-14-52(15-13-28)30-22-51(23-30)19-25-20-53(21-25)29-7-8-31-32(17-29)44(61)54(43(31)60)34-9-11-36(56)49-42(34)59/h2-8,10,16-17,25,28,30,34H,9,11-15,18-23,46H2,1H3,(H2,47,57)(H,48,58)(H,49,56,59). The number of benzene rings is 3. The molecular formula is C44H47FN10O7. The number of carbonyl (C=O) groups excluding carboxylic acids is 6. The van der Waals surface area contributed by atoms with Crippen LogP contribution in [0.25, 0.3) is 11.3 Å². The molecule has 322 valence electrons. The van der Waals surface area contributed by atoms with Crippen LogP contribution < -0.4 is 31.7 Å². The molecule has 4 fully saturated rings. The van der Waals surface area contributed by atoms with Gasteiger partial charge >= 0.3 is 0 Å². The zero-order chi connectivity index (χ0) is 43.4. The maximum atomic E-state index is 13.8. The van der Waals surface area contributed by atoms with Gasteiger partial charge in [-0.3, -0.25) is 48.8 Å². The number of piperidine rings is 2. The average Bonchev–Trinajstić information content (AvgIpc) is 3.71. The van der Waals surface area contributed by atoms with Gasteiger partial charge in [-0.05, 0) is 61.2 Å². The molecule has 0 radical (unpaired) electrons. The SMILES string of the molecule is COc1ccc(F)cc1C(=O)NCc1ccc(-c2nn(C3CCN(C4CN(CC5CN(c6ccc7c(c6)C(=O)N(C6CCC(=O)NC6=O)C7=O)C5)C4)CC3)c(N)c2C(N)=O)cc1. The Labute approximate surface area is 356 Å². The molecule has 0 bridgehead atoms. The van der Waals surface area contributed by atoms with E-state index < -0.39 is 47.3 Å². The predicted molar refractivity (Wildman–Crippen MR) is 224 cm³/mol. The topological polar surface area (TPSA) is 219 Å². The predicted octanol–water partition coefficient (Wildman–Crippen LogP) is 2.17. The summed E-state index contributed by atoms with van der Waals surface area (Å²) < 4.78 is 20.7. The van der Waals surface area contributed by atoms with E-state index in [9.17, 15) is 33.2 Å². The van der Waals surface area contributed by atoms with E-state index in [4.69, 9.17) is 21.3 Å². The van der Waals surface area contributed by atoms with Crippen LogP contribution in [0.3, 0.4) is 0 Å². The Morgan fingerprint density at radius 1 is 0.903 bits per heavy atom. The third kappa shape index (κ3) is 7.53. The van der Waals surface area contributed by atoms with Crippen LogP contribution in [0.15, 0.2) is 60.7 Å². The molecule has 5 aliphatic rings. The van der Waals surface area contributed by atoms with Gasteiger partial charge in [-0.25, -0.2) is 9.07 Å². The number of carbonyl (C=O) groups is 6. The maximum Gasteiger partial charge on any atom is 0.262 e. The molecule has 4 aromatic rings. The Bertz CT molecular complexity index is 2490. The Morgan fingerprint density at radius 3 is 2.32 bits per heavy atom. The number of anilines is 2. The van der Waals surface area contributed by atoms with Crippen molar-refractivity contribution < 1.29 is 37.9 Å². The summed E-state index contributed by atoms with van der Waals surface area (Å²) in [5.74, 6) is -2.74. The number of nitrogens with zero attached hydrogens (tertiary/aromatic N) is 6. The van der Waals surface area contributed by atoms with E-state index in [1.54, 1.807) is 28.9 Å². The first-order valence-electron chi connectivity index (χ1n) is 20.8. The Kier molecular flexibility index (Phi) is 10.7. The van der Waals surface area contributed by atoms with Crippen LogP contribution in [-0.2, 0) is 16.1 Å². The highest BCUT2D eigenvalue weighted by Gasteiger charge is 2.45. The minimum atomic E-state index is -0.987. The van der Waals surface area contributed by atoms with Crippen LogP contribution in [0, 0.1) is 11.7 Å². The number of nitrogens with one attached hydrogen (secondary N) is 2. The van der Waals surface area contributed by atoms with Gasteiger partial charge in [0.15, 0.2) is 0 Å². The molecule has 0 aliphatic carbocycles. The van der Waals surface area contributed by atoms with Crippen molar-refractivity contribution in [2.45, 2.75) is 50.4 Å². The second-order valence-electron chi connectivity index (χ2n) is 16.7. The summed E-state index contributed by atoms with van der Waals surface area (Å²) in [6, 6.07) is 15.7. The summed E-state index contributed by atoms with van der Waals surface area (Å²) in [5.41, 5.74) is 15.9. The van der Waals surface area contributed by atoms with Crippen LogP contribution in [0.5, 0.6) is 5.75 Å². The highest BCUT2D eigenvalue weighted by molar-refractivity contribution is 6.23. The molecule has 4 saturated heterocycles. The van der Waals surface area contributed by atoms with Crippen molar-refractivity contribution in [1.29, 1.82) is 0 Å². The van der Waals surface area contributed by atoms with Gasteiger partial charge in [0.05, 0.1) is 29.8 Å². The monoisotopic (exact) mass is 846 g/mol. The summed E-state index contributed by atoms with van der Waals surface area (Å²) in [6.07, 6.45) is 1.82. The van der Waals surface area contributed by atoms with Crippen molar-refractivity contribution in [2.24, 2.45) is 11.7 Å². The first-order valence-corrected chi connectivity index (χ1v) is 20.8. The van der Waals surface area contributed by atoms with E-state index in [1.165, 1.54) is 19.2 Å². The second kappa shape index (κ2) is 16.3. The van der Waals surface area contributed by atoms with Crippen molar-refractivity contribution in [1.82, 2.24) is 35.1 Å². The number of aromatic nitrogens is 2. The van der Waals surface area contributed by atoms with Crippen molar-refractivity contribution in [3.8, 4) is 17.0 Å². The quantitative estimate of drug-likeness (QED) is 0.151. The molecule has 1 aromatic heterocycles. The number of ether oxygens (including phenoxy) is 1. The van der Waals surface area contributed by atoms with Crippen LogP contribution in [-0.4, -0.2) is 125 Å². The molecule has 17 nitrogen and oxygen atoms in total. The highest BCUT2D eigenvalue weighted by atomic mass is 19.1. The third-order valence-corrected chi connectivity index (χ3v) is 12.8. The molecule has 1 unspecified atom stereocenters. The number of nitrogens with two attached hydrogens (primary N) is 2. The van der Waals surface area contributed by atoms with E-state index >= 15 is 0 Å². The van der Waals surface area contributed by atoms with Gasteiger partial charge in [0.25, 0.3) is 23.6 Å². The lowest BCUT2D eigenvalue weighted by Crippen LogP contribution is -2.63. The van der Waals surface area contributed by atoms with Crippen molar-refractivity contribution in [3.05, 3.63) is 94.3 Å². The zero-order valence-electron chi connectivity index (χ0n) is 34.1. The van der Waals surface area contributed by atoms with Crippen LogP contribution in [0.2, 0.25) is 0 Å². The number of imide groups is 2. The number of hydrogen-bond acceptors (Lipinski definition) is 12. The number of nitrogen functional groups attached to an aromatic ring is 1. The van der Waals surface area contributed by atoms with Crippen molar-refractivity contribution >= 4 is 46.9 Å². The molecule has 5 aliphatic heterocycles. The molecule has 18 heteroatoms. The summed E-state index contributed by atoms with van der Waals surface area (Å²) >= 11 is 0. The number of primary amides is 1. The summed E-state index contributed by atoms with van der Waals surface area (Å²) in [4.78, 5) is 84.0. The number of halogens is 1. The largest absolute Gasteiger partial charge is 0.496 e. The third-order valence-electron chi connectivity index (χ3n) is 12.8. The van der Waals surface area contributed by atoms with Gasteiger partial charge in [0.2, 0.25) is 11.8 Å². The van der Waals surface area contributed by atoms with E-state index in [-0.39, 0.29) is 59.2 Å². The molecule has 62 heavy (non-hydrogen) atoms. The first kappa shape index (κ1) is 40.7. The molecular weight excluding hydrogens is 800 g/mol. The molecule has 6 heterocycles. The normalized spacial score (nSPS) is 20.2. The lowest BCUT2D eigenvalue weighted by molar-refractivity contribution is -0.136. The summed E-state index contributed by atoms with van der Waals surface area (Å²) in [5, 5.41) is 9.84. The summed E-state index contributed by atoms with van der Waals surface area (Å²) in [7, 11) is 1.41. The molecule has 6 N–H and O–H groups in total. The summed E-state index contributed by atoms with van der Waals surface area (Å²) in [6.45, 7) is 6.50. The Balaban J connectivity index is 0.743. The lowest BCUT2D eigenvalue weighted by Gasteiger charge is -2.51. The number of rotatable bonds is 12. The van der Waals surface area contributed by atoms with Crippen molar-refractivity contribution in [2.75, 3.05) is 63.6 Å². The highest BCUT2D eigenvalue weighted by Crippen LogP contribution is 2.36. The fourth-order valence-corrected chi connectivity index (χ4v) is 9.42. The Hall–Kier alpha value is -6.66. The van der Waals surface area contributed by atoms with E-state index in [2.05, 4.69) is 25.3 Å². The van der Waals surface area contributed by atoms with E-state index in [0.29, 0.717) is 23.2 Å². The fraction of sp³-hybridized carbons (Fsp3) is 0.386. The molecule has 9 rings (SSSR count). The minimum Gasteiger partial charge on any atom is -0.496 e. The van der Waals surface area contributed by atoms with Crippen LogP contribution in [0.1, 0.15) is 78.7 Å². The van der Waals surface area contributed by atoms with E-state index in [0.717, 1.165) is 80.9 Å². The minimum absolute atomic E-state index is 0.00215. The van der Waals surface area contributed by atoms with Crippen LogP contribution in [0.4, 0.5) is 15.9 Å². The van der Waals surface area contributed by atoms with Gasteiger partial charge < -0.3 is 26.4 Å². The van der Waals surface area contributed by atoms with Gasteiger partial charge in [-0.15, -0.1) is 0 Å². The molecule has 1 atom stereocenters. The molecule has 0 spiro atoms. The first-order chi connectivity index (χ1) is 29.9. The van der Waals surface area contributed by atoms with Gasteiger partial charge in [0, 0.05) is 82.0 Å². The van der Waals surface area contributed by atoms with E-state index in [1.807, 2.05) is 18.2 Å². The van der Waals surface area contributed by atoms with Crippen LogP contribution >= 0.6 is 0 Å². The number of amides is 6. The fourth-order valence-electron chi connectivity index (χ4n) is 9.42. The number of hydrogen-bond donors (Lipinski definition) is 4. The molecule has 6 amide bonds. The number of likely N-dealkylation sites (tertiary alicyclic amines) is 2. The number of methoxy groups -OCH3 is 1. The smallest absolute Gasteiger partial charge is 0.262 e. The molecule has 3 aromatic carbocycles. The lowest BCUT2D eigenvalue weighted by atomic mass is 9.94. The average molecular weight is 847 g/mol. The maximum absolute atomic E-state index is 13.8. The second-order valence-corrected chi connectivity index (χ2v) is 16.7. The van der Waals surface area contributed by atoms with Crippen molar-refractivity contribution in [3.63, 3.8) is 0 Å². The van der Waals surface area contributed by atoms with Gasteiger partial charge in [0.1, 0.15) is 34.7 Å². The van der Waals surface area contributed by atoms with Gasteiger partial charge in [-0.1, -0.05) is 24.3 Å².